The molecule has 0 radical (unpaired) electrons. The molecule has 0 fully saturated rings. The van der Waals surface area contributed by atoms with Gasteiger partial charge >= 0.3 is 0 Å². The molecule has 3 heteroatoms. The van der Waals surface area contributed by atoms with Crippen molar-refractivity contribution in [1.82, 2.24) is 5.32 Å². The van der Waals surface area contributed by atoms with Crippen LogP contribution in [-0.2, 0) is 11.3 Å². The molecule has 0 unspecified atom stereocenters. The standard InChI is InChI=1S/C15H25NO2/c1-5-7-13(8-6-2)15(17)16-10-14-9-11(3)18-12(14)4/h9,13H,5-8,10H2,1-4H3,(H,16,17). The highest BCUT2D eigenvalue weighted by molar-refractivity contribution is 5.78. The number of hydrogen-bond donors (Lipinski definition) is 1. The van der Waals surface area contributed by atoms with Crippen LogP contribution in [0.2, 0.25) is 0 Å². The zero-order valence-corrected chi connectivity index (χ0v) is 12.0. The van der Waals surface area contributed by atoms with Crippen LogP contribution in [-0.4, -0.2) is 5.91 Å². The summed E-state index contributed by atoms with van der Waals surface area (Å²) in [5.74, 6) is 2.14. The highest BCUT2D eigenvalue weighted by Gasteiger charge is 2.16. The van der Waals surface area contributed by atoms with Gasteiger partial charge in [-0.3, -0.25) is 4.79 Å². The highest BCUT2D eigenvalue weighted by atomic mass is 16.3. The fourth-order valence-corrected chi connectivity index (χ4v) is 2.29. The number of carbonyl (C=O) groups excluding carboxylic acids is 1. The van der Waals surface area contributed by atoms with Crippen LogP contribution in [0.3, 0.4) is 0 Å². The maximum absolute atomic E-state index is 12.1. The Kier molecular flexibility index (Phi) is 5.96. The lowest BCUT2D eigenvalue weighted by Crippen LogP contribution is -2.30. The van der Waals surface area contributed by atoms with Crippen molar-refractivity contribution < 1.29 is 9.21 Å². The minimum Gasteiger partial charge on any atom is -0.466 e. The zero-order chi connectivity index (χ0) is 13.5. The van der Waals surface area contributed by atoms with Gasteiger partial charge in [0.25, 0.3) is 0 Å². The Balaban J connectivity index is 2.50. The van der Waals surface area contributed by atoms with Crippen molar-refractivity contribution in [3.8, 4) is 0 Å². The lowest BCUT2D eigenvalue weighted by Gasteiger charge is -2.14. The van der Waals surface area contributed by atoms with Crippen LogP contribution in [0.1, 0.15) is 56.6 Å². The van der Waals surface area contributed by atoms with Gasteiger partial charge in [-0.05, 0) is 32.8 Å². The number of furan rings is 1. The topological polar surface area (TPSA) is 42.2 Å². The Bertz CT molecular complexity index is 376. The van der Waals surface area contributed by atoms with E-state index in [1.165, 1.54) is 0 Å². The normalized spacial score (nSPS) is 10.9. The average molecular weight is 251 g/mol. The van der Waals surface area contributed by atoms with Gasteiger partial charge < -0.3 is 9.73 Å². The fourth-order valence-electron chi connectivity index (χ4n) is 2.29. The highest BCUT2D eigenvalue weighted by Crippen LogP contribution is 2.16. The largest absolute Gasteiger partial charge is 0.466 e. The maximum atomic E-state index is 12.1. The predicted molar refractivity (Wildman–Crippen MR) is 73.3 cm³/mol. The molecule has 0 aliphatic rings. The summed E-state index contributed by atoms with van der Waals surface area (Å²) in [6.07, 6.45) is 4.07. The second kappa shape index (κ2) is 7.24. The summed E-state index contributed by atoms with van der Waals surface area (Å²) in [6, 6.07) is 1.99. The molecule has 0 aromatic carbocycles. The summed E-state index contributed by atoms with van der Waals surface area (Å²) in [6.45, 7) is 8.68. The molecule has 1 aromatic heterocycles. The van der Waals surface area contributed by atoms with Crippen molar-refractivity contribution >= 4 is 5.91 Å². The van der Waals surface area contributed by atoms with Gasteiger partial charge in [-0.25, -0.2) is 0 Å². The van der Waals surface area contributed by atoms with Crippen LogP contribution < -0.4 is 5.32 Å². The first kappa shape index (κ1) is 14.8. The number of nitrogens with one attached hydrogen (secondary N) is 1. The third-order valence-electron chi connectivity index (χ3n) is 3.24. The number of rotatable bonds is 7. The van der Waals surface area contributed by atoms with E-state index in [1.807, 2.05) is 19.9 Å². The van der Waals surface area contributed by atoms with E-state index in [2.05, 4.69) is 19.2 Å². The molecule has 0 saturated heterocycles. The van der Waals surface area contributed by atoms with Crippen molar-refractivity contribution in [3.05, 3.63) is 23.2 Å². The minimum absolute atomic E-state index is 0.160. The summed E-state index contributed by atoms with van der Waals surface area (Å²) in [7, 11) is 0. The molecular formula is C15H25NO2. The lowest BCUT2D eigenvalue weighted by molar-refractivity contribution is -0.125. The molecule has 1 heterocycles. The first-order valence-electron chi connectivity index (χ1n) is 6.92. The van der Waals surface area contributed by atoms with Crippen molar-refractivity contribution in [1.29, 1.82) is 0 Å². The van der Waals surface area contributed by atoms with Crippen LogP contribution in [0.4, 0.5) is 0 Å². The Morgan fingerprint density at radius 2 is 1.89 bits per heavy atom. The molecule has 1 N–H and O–H groups in total. The van der Waals surface area contributed by atoms with E-state index in [-0.39, 0.29) is 11.8 Å². The van der Waals surface area contributed by atoms with E-state index in [9.17, 15) is 4.79 Å². The molecule has 0 aliphatic carbocycles. The van der Waals surface area contributed by atoms with E-state index in [0.29, 0.717) is 6.54 Å². The summed E-state index contributed by atoms with van der Waals surface area (Å²) >= 11 is 0. The van der Waals surface area contributed by atoms with Gasteiger partial charge in [0.05, 0.1) is 0 Å². The molecular weight excluding hydrogens is 226 g/mol. The Hall–Kier alpha value is -1.25. The number of aryl methyl sites for hydroxylation is 2. The Labute approximate surface area is 110 Å². The molecule has 1 amide bonds. The van der Waals surface area contributed by atoms with Gasteiger partial charge in [-0.1, -0.05) is 26.7 Å². The third-order valence-corrected chi connectivity index (χ3v) is 3.24. The smallest absolute Gasteiger partial charge is 0.223 e. The summed E-state index contributed by atoms with van der Waals surface area (Å²) in [4.78, 5) is 12.1. The summed E-state index contributed by atoms with van der Waals surface area (Å²) in [5, 5.41) is 3.02. The van der Waals surface area contributed by atoms with Crippen LogP contribution in [0.15, 0.2) is 10.5 Å². The predicted octanol–water partition coefficient (Wildman–Crippen LogP) is 3.73. The van der Waals surface area contributed by atoms with E-state index in [4.69, 9.17) is 4.42 Å². The van der Waals surface area contributed by atoms with Gasteiger partial charge in [0.1, 0.15) is 11.5 Å². The molecule has 102 valence electrons. The van der Waals surface area contributed by atoms with Crippen molar-refractivity contribution in [2.45, 2.75) is 59.9 Å². The van der Waals surface area contributed by atoms with Crippen molar-refractivity contribution in [3.63, 3.8) is 0 Å². The molecule has 1 rings (SSSR count). The van der Waals surface area contributed by atoms with Gasteiger partial charge in [0, 0.05) is 18.0 Å². The van der Waals surface area contributed by atoms with E-state index in [1.54, 1.807) is 0 Å². The molecule has 0 spiro atoms. The SMILES string of the molecule is CCCC(CCC)C(=O)NCc1cc(C)oc1C. The van der Waals surface area contributed by atoms with E-state index in [0.717, 1.165) is 42.8 Å². The van der Waals surface area contributed by atoms with Gasteiger partial charge in [-0.2, -0.15) is 0 Å². The number of hydrogen-bond acceptors (Lipinski definition) is 2. The van der Waals surface area contributed by atoms with Crippen molar-refractivity contribution in [2.75, 3.05) is 0 Å². The molecule has 0 saturated carbocycles. The molecule has 0 atom stereocenters. The van der Waals surface area contributed by atoms with Crippen LogP contribution in [0.5, 0.6) is 0 Å². The van der Waals surface area contributed by atoms with Crippen LogP contribution in [0.25, 0.3) is 0 Å². The summed E-state index contributed by atoms with van der Waals surface area (Å²) < 4.78 is 5.45. The second-order valence-electron chi connectivity index (χ2n) is 4.93. The minimum atomic E-state index is 0.160. The van der Waals surface area contributed by atoms with Crippen LogP contribution in [0, 0.1) is 19.8 Å². The number of amides is 1. The Morgan fingerprint density at radius 1 is 1.28 bits per heavy atom. The average Bonchev–Trinajstić information content (AvgIpc) is 2.64. The molecule has 0 bridgehead atoms. The quantitative estimate of drug-likeness (QED) is 0.802. The first-order valence-corrected chi connectivity index (χ1v) is 6.92. The fraction of sp³-hybridized carbons (Fsp3) is 0.667. The monoisotopic (exact) mass is 251 g/mol. The van der Waals surface area contributed by atoms with E-state index >= 15 is 0 Å². The molecule has 18 heavy (non-hydrogen) atoms. The second-order valence-corrected chi connectivity index (χ2v) is 4.93. The maximum Gasteiger partial charge on any atom is 0.223 e. The van der Waals surface area contributed by atoms with Gasteiger partial charge in [-0.15, -0.1) is 0 Å². The van der Waals surface area contributed by atoms with E-state index < -0.39 is 0 Å². The molecule has 3 nitrogen and oxygen atoms in total. The number of carbonyl (C=O) groups is 1. The van der Waals surface area contributed by atoms with Gasteiger partial charge in [0.2, 0.25) is 5.91 Å². The molecule has 1 aromatic rings. The Morgan fingerprint density at radius 3 is 2.33 bits per heavy atom. The van der Waals surface area contributed by atoms with Crippen molar-refractivity contribution in [2.24, 2.45) is 5.92 Å². The molecule has 0 aliphatic heterocycles. The lowest BCUT2D eigenvalue weighted by atomic mass is 9.97. The van der Waals surface area contributed by atoms with Gasteiger partial charge in [0.15, 0.2) is 0 Å². The third kappa shape index (κ3) is 4.21. The van der Waals surface area contributed by atoms with Crippen LogP contribution >= 0.6 is 0 Å². The zero-order valence-electron chi connectivity index (χ0n) is 12.0. The summed E-state index contributed by atoms with van der Waals surface area (Å²) in [5.41, 5.74) is 1.08. The first-order chi connectivity index (χ1) is 8.58.